The van der Waals surface area contributed by atoms with Crippen molar-refractivity contribution in [3.63, 3.8) is 0 Å². The second kappa shape index (κ2) is 9.58. The first-order valence-electron chi connectivity index (χ1n) is 12.6. The van der Waals surface area contributed by atoms with Crippen molar-refractivity contribution in [1.82, 2.24) is 25.2 Å². The first-order chi connectivity index (χ1) is 18.1. The van der Waals surface area contributed by atoms with E-state index in [-0.39, 0.29) is 11.8 Å². The second-order valence-electron chi connectivity index (χ2n) is 9.57. The van der Waals surface area contributed by atoms with Gasteiger partial charge in [0.25, 0.3) is 5.91 Å². The molecule has 7 nitrogen and oxygen atoms in total. The molecule has 0 saturated carbocycles. The number of benzene rings is 2. The van der Waals surface area contributed by atoms with E-state index in [0.29, 0.717) is 25.1 Å². The molecule has 1 aliphatic heterocycles. The number of carbonyl (C=O) groups excluding carboxylic acids is 2. The average Bonchev–Trinajstić information content (AvgIpc) is 3.32. The highest BCUT2D eigenvalue weighted by Crippen LogP contribution is 2.40. The number of nitrogens with zero attached hydrogens (tertiary/aromatic N) is 4. The Labute approximate surface area is 215 Å². The van der Waals surface area contributed by atoms with Crippen LogP contribution in [0.3, 0.4) is 0 Å². The number of pyridine rings is 1. The molecule has 37 heavy (non-hydrogen) atoms. The number of amides is 2. The first kappa shape index (κ1) is 23.0. The van der Waals surface area contributed by atoms with Crippen LogP contribution in [0.4, 0.5) is 0 Å². The quantitative estimate of drug-likeness (QED) is 0.461. The van der Waals surface area contributed by atoms with Gasteiger partial charge in [0.05, 0.1) is 11.0 Å². The third kappa shape index (κ3) is 4.27. The van der Waals surface area contributed by atoms with Crippen molar-refractivity contribution in [2.24, 2.45) is 0 Å². The lowest BCUT2D eigenvalue weighted by Gasteiger charge is -2.36. The number of likely N-dealkylation sites (N-methyl/N-ethyl adjacent to an activating group) is 1. The fourth-order valence-corrected chi connectivity index (χ4v) is 5.55. The molecule has 3 heterocycles. The average molecular weight is 490 g/mol. The Hall–Kier alpha value is -4.39. The van der Waals surface area contributed by atoms with E-state index in [1.54, 1.807) is 30.5 Å². The zero-order valence-corrected chi connectivity index (χ0v) is 20.6. The normalized spacial score (nSPS) is 16.5. The van der Waals surface area contributed by atoms with Crippen LogP contribution < -0.4 is 5.32 Å². The molecule has 0 bridgehead atoms. The molecule has 2 amide bonds. The van der Waals surface area contributed by atoms with E-state index in [9.17, 15) is 9.59 Å². The molecule has 1 aliphatic carbocycles. The van der Waals surface area contributed by atoms with Gasteiger partial charge in [-0.05, 0) is 70.9 Å². The Morgan fingerprint density at radius 2 is 1.78 bits per heavy atom. The molecule has 0 spiro atoms. The molecule has 2 aliphatic rings. The lowest BCUT2D eigenvalue weighted by Crippen LogP contribution is -2.51. The number of rotatable bonds is 5. The summed E-state index contributed by atoms with van der Waals surface area (Å²) < 4.78 is 0. The maximum atomic E-state index is 13.9. The van der Waals surface area contributed by atoms with Gasteiger partial charge in [0.1, 0.15) is 11.7 Å². The molecular formula is C30H27N5O2. The Morgan fingerprint density at radius 1 is 0.946 bits per heavy atom. The summed E-state index contributed by atoms with van der Waals surface area (Å²) in [4.78, 5) is 41.8. The Bertz CT molecular complexity index is 1560. The molecule has 4 aromatic rings. The van der Waals surface area contributed by atoms with Crippen LogP contribution in [0.15, 0.2) is 78.8 Å². The van der Waals surface area contributed by atoms with Gasteiger partial charge in [-0.2, -0.15) is 0 Å². The molecule has 6 rings (SSSR count). The van der Waals surface area contributed by atoms with Gasteiger partial charge in [0, 0.05) is 38.6 Å². The van der Waals surface area contributed by atoms with E-state index >= 15 is 0 Å². The third-order valence-electron chi connectivity index (χ3n) is 7.43. The smallest absolute Gasteiger partial charge is 0.273 e. The van der Waals surface area contributed by atoms with Crippen molar-refractivity contribution in [1.29, 1.82) is 0 Å². The van der Waals surface area contributed by atoms with E-state index in [2.05, 4.69) is 32.4 Å². The topological polar surface area (TPSA) is 88.1 Å². The molecule has 2 aromatic heterocycles. The number of hydrogen-bond acceptors (Lipinski definition) is 5. The van der Waals surface area contributed by atoms with Crippen LogP contribution in [-0.4, -0.2) is 51.3 Å². The predicted octanol–water partition coefficient (Wildman–Crippen LogP) is 3.78. The van der Waals surface area contributed by atoms with Crippen molar-refractivity contribution >= 4 is 28.4 Å². The molecule has 0 fully saturated rings. The second-order valence-corrected chi connectivity index (χ2v) is 9.57. The number of aryl methyl sites for hydroxylation is 2. The number of fused-ring (bicyclic) bond motifs is 3. The molecule has 0 radical (unpaired) electrons. The summed E-state index contributed by atoms with van der Waals surface area (Å²) in [7, 11) is 1.62. The maximum Gasteiger partial charge on any atom is 0.273 e. The van der Waals surface area contributed by atoms with Crippen LogP contribution in [0.1, 0.15) is 39.2 Å². The molecule has 2 aromatic carbocycles. The third-order valence-corrected chi connectivity index (χ3v) is 7.43. The number of nitrogens with one attached hydrogen (secondary N) is 1. The van der Waals surface area contributed by atoms with Gasteiger partial charge in [-0.15, -0.1) is 0 Å². The SMILES string of the molecule is CNC(=O)[C@H]1CC2=C(Cc3ccccc32)CN1C(=O)c1ncccc1CCc1ccc2nccnc2c1. The first-order valence-corrected chi connectivity index (χ1v) is 12.6. The van der Waals surface area contributed by atoms with Crippen LogP contribution in [0, 0.1) is 0 Å². The molecule has 0 unspecified atom stereocenters. The Morgan fingerprint density at radius 3 is 2.65 bits per heavy atom. The van der Waals surface area contributed by atoms with Crippen molar-refractivity contribution < 1.29 is 9.59 Å². The van der Waals surface area contributed by atoms with E-state index in [1.807, 2.05) is 42.5 Å². The highest BCUT2D eigenvalue weighted by molar-refractivity contribution is 5.99. The summed E-state index contributed by atoms with van der Waals surface area (Å²) in [5.74, 6) is -0.352. The molecule has 7 heteroatoms. The predicted molar refractivity (Wildman–Crippen MR) is 142 cm³/mol. The van der Waals surface area contributed by atoms with Gasteiger partial charge in [-0.3, -0.25) is 24.5 Å². The number of hydrogen-bond donors (Lipinski definition) is 1. The molecule has 1 N–H and O–H groups in total. The minimum Gasteiger partial charge on any atom is -0.357 e. The zero-order chi connectivity index (χ0) is 25.4. The Kier molecular flexibility index (Phi) is 5.96. The van der Waals surface area contributed by atoms with Gasteiger partial charge >= 0.3 is 0 Å². The monoisotopic (exact) mass is 489 g/mol. The van der Waals surface area contributed by atoms with Crippen LogP contribution >= 0.6 is 0 Å². The molecule has 1 atom stereocenters. The zero-order valence-electron chi connectivity index (χ0n) is 20.6. The molecular weight excluding hydrogens is 462 g/mol. The minimum atomic E-state index is -0.573. The largest absolute Gasteiger partial charge is 0.357 e. The van der Waals surface area contributed by atoms with Crippen molar-refractivity contribution in [2.75, 3.05) is 13.6 Å². The summed E-state index contributed by atoms with van der Waals surface area (Å²) in [6.45, 7) is 0.431. The highest BCUT2D eigenvalue weighted by atomic mass is 16.2. The van der Waals surface area contributed by atoms with Crippen LogP contribution in [0.25, 0.3) is 16.6 Å². The van der Waals surface area contributed by atoms with Gasteiger partial charge < -0.3 is 10.2 Å². The van der Waals surface area contributed by atoms with Crippen LogP contribution in [0.2, 0.25) is 0 Å². The fraction of sp³-hybridized carbons (Fsp3) is 0.233. The standard InChI is InChI=1S/C30H27N5O2/c1-31-29(36)27-17-24-22(16-21-5-2-3-7-23(21)24)18-35(27)30(37)28-20(6-4-12-34-28)10-8-19-9-11-25-26(15-19)33-14-13-32-25/h2-7,9,11-15,27H,8,10,16-18H2,1H3,(H,31,36)/t27-/m1/s1. The lowest BCUT2D eigenvalue weighted by atomic mass is 9.92. The van der Waals surface area contributed by atoms with Gasteiger partial charge in [-0.1, -0.05) is 36.4 Å². The minimum absolute atomic E-state index is 0.154. The van der Waals surface area contributed by atoms with E-state index in [1.165, 1.54) is 22.3 Å². The van der Waals surface area contributed by atoms with Crippen molar-refractivity contribution in [3.05, 3.63) is 107 Å². The van der Waals surface area contributed by atoms with E-state index < -0.39 is 6.04 Å². The fourth-order valence-electron chi connectivity index (χ4n) is 5.55. The summed E-state index contributed by atoms with van der Waals surface area (Å²) >= 11 is 0. The lowest BCUT2D eigenvalue weighted by molar-refractivity contribution is -0.125. The summed E-state index contributed by atoms with van der Waals surface area (Å²) in [5, 5.41) is 2.76. The Balaban J connectivity index is 1.27. The summed E-state index contributed by atoms with van der Waals surface area (Å²) in [5.41, 5.74) is 9.00. The van der Waals surface area contributed by atoms with Gasteiger partial charge in [-0.25, -0.2) is 0 Å². The molecule has 0 saturated heterocycles. The van der Waals surface area contributed by atoms with Crippen molar-refractivity contribution in [3.8, 4) is 0 Å². The number of carbonyl (C=O) groups is 2. The molecule has 184 valence electrons. The van der Waals surface area contributed by atoms with E-state index in [4.69, 9.17) is 0 Å². The van der Waals surface area contributed by atoms with Crippen LogP contribution in [-0.2, 0) is 24.1 Å². The van der Waals surface area contributed by atoms with Crippen LogP contribution in [0.5, 0.6) is 0 Å². The summed E-state index contributed by atoms with van der Waals surface area (Å²) in [6.07, 6.45) is 7.74. The van der Waals surface area contributed by atoms with Gasteiger partial charge in [0.2, 0.25) is 5.91 Å². The van der Waals surface area contributed by atoms with E-state index in [0.717, 1.165) is 35.0 Å². The number of aromatic nitrogens is 3. The van der Waals surface area contributed by atoms with Crippen molar-refractivity contribution in [2.45, 2.75) is 31.7 Å². The maximum absolute atomic E-state index is 13.9. The van der Waals surface area contributed by atoms with Gasteiger partial charge in [0.15, 0.2) is 0 Å². The summed E-state index contributed by atoms with van der Waals surface area (Å²) in [6, 6.07) is 17.6. The highest BCUT2D eigenvalue weighted by Gasteiger charge is 2.39.